The van der Waals surface area contributed by atoms with Crippen LogP contribution in [0.15, 0.2) is 70.1 Å². The summed E-state index contributed by atoms with van der Waals surface area (Å²) in [6.07, 6.45) is 0. The van der Waals surface area contributed by atoms with Crippen molar-refractivity contribution in [1.29, 1.82) is 0 Å². The minimum atomic E-state index is -3.76. The molecule has 134 valence electrons. The van der Waals surface area contributed by atoms with Gasteiger partial charge >= 0.3 is 0 Å². The van der Waals surface area contributed by atoms with Crippen molar-refractivity contribution in [3.8, 4) is 0 Å². The lowest BCUT2D eigenvalue weighted by Gasteiger charge is -2.19. The molecule has 8 heteroatoms. The van der Waals surface area contributed by atoms with Crippen molar-refractivity contribution >= 4 is 27.3 Å². The van der Waals surface area contributed by atoms with Gasteiger partial charge in [0.25, 0.3) is 15.9 Å². The maximum atomic E-state index is 12.8. The van der Waals surface area contributed by atoms with Gasteiger partial charge in [-0.15, -0.1) is 0 Å². The van der Waals surface area contributed by atoms with Crippen molar-refractivity contribution < 1.29 is 17.7 Å². The number of hydrogen-bond acceptors (Lipinski definition) is 5. The first-order valence-corrected chi connectivity index (χ1v) is 9.20. The highest BCUT2D eigenvalue weighted by atomic mass is 32.2. The molecule has 0 saturated carbocycles. The van der Waals surface area contributed by atoms with Crippen LogP contribution in [0.1, 0.15) is 16.2 Å². The Morgan fingerprint density at radius 2 is 1.81 bits per heavy atom. The Morgan fingerprint density at radius 3 is 2.46 bits per heavy atom. The molecule has 1 N–H and O–H groups in total. The van der Waals surface area contributed by atoms with Crippen molar-refractivity contribution in [2.24, 2.45) is 0 Å². The van der Waals surface area contributed by atoms with Crippen LogP contribution in [0.25, 0.3) is 0 Å². The number of amides is 1. The van der Waals surface area contributed by atoms with Gasteiger partial charge in [0.2, 0.25) is 0 Å². The lowest BCUT2D eigenvalue weighted by atomic mass is 10.3. The Morgan fingerprint density at radius 1 is 1.08 bits per heavy atom. The number of nitrogens with zero attached hydrogens (tertiary/aromatic N) is 2. The minimum Gasteiger partial charge on any atom is -0.361 e. The third-order valence-electron chi connectivity index (χ3n) is 3.73. The molecule has 3 rings (SSSR count). The summed E-state index contributed by atoms with van der Waals surface area (Å²) in [7, 11) is -2.28. The van der Waals surface area contributed by atoms with Gasteiger partial charge < -0.3 is 9.84 Å². The van der Waals surface area contributed by atoms with E-state index in [0.717, 1.165) is 0 Å². The van der Waals surface area contributed by atoms with Gasteiger partial charge in [-0.2, -0.15) is 0 Å². The molecule has 0 aliphatic carbocycles. The van der Waals surface area contributed by atoms with E-state index in [1.807, 2.05) is 6.07 Å². The van der Waals surface area contributed by atoms with Gasteiger partial charge in [-0.05, 0) is 37.3 Å². The van der Waals surface area contributed by atoms with Crippen LogP contribution in [-0.4, -0.2) is 26.5 Å². The van der Waals surface area contributed by atoms with E-state index in [0.29, 0.717) is 17.1 Å². The van der Waals surface area contributed by atoms with E-state index in [4.69, 9.17) is 4.52 Å². The van der Waals surface area contributed by atoms with Gasteiger partial charge in [-0.3, -0.25) is 9.10 Å². The molecule has 0 radical (unpaired) electrons. The fraction of sp³-hybridized carbons (Fsp3) is 0.111. The predicted molar refractivity (Wildman–Crippen MR) is 97.7 cm³/mol. The van der Waals surface area contributed by atoms with Crippen LogP contribution in [0.2, 0.25) is 0 Å². The predicted octanol–water partition coefficient (Wildman–Crippen LogP) is 3.06. The zero-order valence-electron chi connectivity index (χ0n) is 14.2. The molecule has 0 saturated heterocycles. The van der Waals surface area contributed by atoms with Crippen LogP contribution in [-0.2, 0) is 10.0 Å². The van der Waals surface area contributed by atoms with Crippen molar-refractivity contribution in [3.05, 3.63) is 72.1 Å². The van der Waals surface area contributed by atoms with Crippen LogP contribution in [0, 0.1) is 6.92 Å². The molecule has 0 atom stereocenters. The summed E-state index contributed by atoms with van der Waals surface area (Å²) in [6.45, 7) is 1.68. The molecule has 0 bridgehead atoms. The smallest absolute Gasteiger partial charge is 0.277 e. The number of benzene rings is 2. The third-order valence-corrected chi connectivity index (χ3v) is 5.51. The van der Waals surface area contributed by atoms with Gasteiger partial charge in [0.1, 0.15) is 5.76 Å². The van der Waals surface area contributed by atoms with E-state index in [-0.39, 0.29) is 10.6 Å². The summed E-state index contributed by atoms with van der Waals surface area (Å²) < 4.78 is 31.7. The summed E-state index contributed by atoms with van der Waals surface area (Å²) in [5.41, 5.74) is 1.01. The number of rotatable bonds is 5. The molecular formula is C18H17N3O4S. The van der Waals surface area contributed by atoms with E-state index in [9.17, 15) is 13.2 Å². The largest absolute Gasteiger partial charge is 0.361 e. The SMILES string of the molecule is Cc1cc(C(=O)Nc2cccc(S(=O)(=O)N(C)c3ccccc3)c2)no1. The van der Waals surface area contributed by atoms with Crippen molar-refractivity contribution in [3.63, 3.8) is 0 Å². The zero-order valence-corrected chi connectivity index (χ0v) is 15.0. The molecule has 7 nitrogen and oxygen atoms in total. The lowest BCUT2D eigenvalue weighted by molar-refractivity contribution is 0.101. The molecule has 0 aliphatic heterocycles. The van der Waals surface area contributed by atoms with Gasteiger partial charge in [0, 0.05) is 18.8 Å². The average Bonchev–Trinajstić information content (AvgIpc) is 3.08. The van der Waals surface area contributed by atoms with Crippen LogP contribution >= 0.6 is 0 Å². The van der Waals surface area contributed by atoms with E-state index < -0.39 is 15.9 Å². The fourth-order valence-corrected chi connectivity index (χ4v) is 3.58. The number of hydrogen-bond donors (Lipinski definition) is 1. The van der Waals surface area contributed by atoms with Gasteiger partial charge in [-0.1, -0.05) is 29.4 Å². The molecular weight excluding hydrogens is 354 g/mol. The number of sulfonamides is 1. The second-order valence-electron chi connectivity index (χ2n) is 5.61. The normalized spacial score (nSPS) is 11.2. The first kappa shape index (κ1) is 17.7. The topological polar surface area (TPSA) is 92.5 Å². The Labute approximate surface area is 151 Å². The monoisotopic (exact) mass is 371 g/mol. The molecule has 0 fully saturated rings. The first-order valence-electron chi connectivity index (χ1n) is 7.76. The molecule has 1 amide bonds. The van der Waals surface area contributed by atoms with E-state index in [1.54, 1.807) is 43.3 Å². The summed E-state index contributed by atoms with van der Waals surface area (Å²) >= 11 is 0. The highest BCUT2D eigenvalue weighted by Gasteiger charge is 2.22. The molecule has 0 aliphatic rings. The Bertz CT molecular complexity index is 1030. The van der Waals surface area contributed by atoms with Gasteiger partial charge in [0.05, 0.1) is 10.6 Å². The summed E-state index contributed by atoms with van der Waals surface area (Å²) in [5.74, 6) is 0.0313. The summed E-state index contributed by atoms with van der Waals surface area (Å²) in [5, 5.41) is 6.26. The number of carbonyl (C=O) groups is 1. The minimum absolute atomic E-state index is 0.0676. The Balaban J connectivity index is 1.85. The number of aryl methyl sites for hydroxylation is 1. The Kier molecular flexibility index (Phi) is 4.77. The maximum Gasteiger partial charge on any atom is 0.277 e. The quantitative estimate of drug-likeness (QED) is 0.744. The second kappa shape index (κ2) is 7.01. The fourth-order valence-electron chi connectivity index (χ4n) is 2.34. The van der Waals surface area contributed by atoms with Crippen molar-refractivity contribution in [2.45, 2.75) is 11.8 Å². The molecule has 0 spiro atoms. The first-order chi connectivity index (χ1) is 12.4. The van der Waals surface area contributed by atoms with E-state index >= 15 is 0 Å². The maximum absolute atomic E-state index is 12.8. The number of para-hydroxylation sites is 1. The average molecular weight is 371 g/mol. The number of carbonyl (C=O) groups excluding carboxylic acids is 1. The lowest BCUT2D eigenvalue weighted by Crippen LogP contribution is -2.26. The molecule has 0 unspecified atom stereocenters. The van der Waals surface area contributed by atoms with E-state index in [2.05, 4.69) is 10.5 Å². The second-order valence-corrected chi connectivity index (χ2v) is 7.58. The number of nitrogens with one attached hydrogen (secondary N) is 1. The molecule has 3 aromatic rings. The summed E-state index contributed by atoms with van der Waals surface area (Å²) in [4.78, 5) is 12.2. The van der Waals surface area contributed by atoms with Crippen molar-refractivity contribution in [1.82, 2.24) is 5.16 Å². The van der Waals surface area contributed by atoms with Gasteiger partial charge in [0.15, 0.2) is 5.69 Å². The molecule has 1 heterocycles. The highest BCUT2D eigenvalue weighted by molar-refractivity contribution is 7.92. The number of anilines is 2. The van der Waals surface area contributed by atoms with Gasteiger partial charge in [-0.25, -0.2) is 8.42 Å². The van der Waals surface area contributed by atoms with Crippen LogP contribution < -0.4 is 9.62 Å². The third kappa shape index (κ3) is 3.60. The standard InChI is InChI=1S/C18H17N3O4S/c1-13-11-17(20-25-13)18(22)19-14-7-6-10-16(12-14)26(23,24)21(2)15-8-4-3-5-9-15/h3-12H,1-2H3,(H,19,22). The van der Waals surface area contributed by atoms with Crippen molar-refractivity contribution in [2.75, 3.05) is 16.7 Å². The molecule has 1 aromatic heterocycles. The Hall–Kier alpha value is -3.13. The highest BCUT2D eigenvalue weighted by Crippen LogP contribution is 2.23. The summed E-state index contributed by atoms with van der Waals surface area (Å²) in [6, 6.07) is 16.3. The zero-order chi connectivity index (χ0) is 18.7. The van der Waals surface area contributed by atoms with Crippen LogP contribution in [0.4, 0.5) is 11.4 Å². The van der Waals surface area contributed by atoms with Crippen LogP contribution in [0.3, 0.4) is 0 Å². The molecule has 2 aromatic carbocycles. The van der Waals surface area contributed by atoms with Crippen LogP contribution in [0.5, 0.6) is 0 Å². The van der Waals surface area contributed by atoms with E-state index in [1.165, 1.54) is 29.6 Å². The number of aromatic nitrogens is 1. The molecule has 26 heavy (non-hydrogen) atoms.